The van der Waals surface area contributed by atoms with Crippen LogP contribution in [0.3, 0.4) is 0 Å². The topological polar surface area (TPSA) is 167 Å². The van der Waals surface area contributed by atoms with Crippen molar-refractivity contribution in [2.24, 2.45) is 0 Å². The molecule has 0 radical (unpaired) electrons. The van der Waals surface area contributed by atoms with Gasteiger partial charge in [-0.15, -0.1) is 0 Å². The summed E-state index contributed by atoms with van der Waals surface area (Å²) in [5.41, 5.74) is 0.705. The van der Waals surface area contributed by atoms with E-state index in [4.69, 9.17) is 19.0 Å². The van der Waals surface area contributed by atoms with Gasteiger partial charge in [-0.2, -0.15) is 0 Å². The van der Waals surface area contributed by atoms with Gasteiger partial charge >= 0.3 is 5.97 Å². The zero-order valence-corrected chi connectivity index (χ0v) is 15.8. The highest BCUT2D eigenvalue weighted by Crippen LogP contribution is 2.27. The quantitative estimate of drug-likeness (QED) is 0.392. The van der Waals surface area contributed by atoms with Gasteiger partial charge in [0, 0.05) is 6.07 Å². The Hall–Kier alpha value is -3.44. The number of carboxylic acids is 1. The van der Waals surface area contributed by atoms with Gasteiger partial charge in [-0.05, 0) is 29.8 Å². The van der Waals surface area contributed by atoms with Crippen LogP contribution in [0.1, 0.15) is 0 Å². The number of phenolic OH excluding ortho intramolecular Hbond substituents is 1. The summed E-state index contributed by atoms with van der Waals surface area (Å²) in [7, 11) is 0. The fourth-order valence-electron chi connectivity index (χ4n) is 3.31. The molecule has 5 N–H and O–H groups in total. The standard InChI is InChI=1S/C21H18O10/c22-10-3-6-12-14(7-10)29-8-13(15(12)23)9-1-4-11(5-2-9)30-21-18(26)16(24)17(25)19(31-21)20(27)28/h1-8,16-19,21-22,24-26H,(H,27,28)/t16-,17-,18+,19-,21+/m0/s1. The molecule has 1 fully saturated rings. The number of carboxylic acid groups (broad SMARTS) is 1. The average molecular weight is 430 g/mol. The van der Waals surface area contributed by atoms with Crippen molar-refractivity contribution in [3.05, 3.63) is 59.0 Å². The lowest BCUT2D eigenvalue weighted by molar-refractivity contribution is -0.271. The van der Waals surface area contributed by atoms with E-state index in [9.17, 15) is 30.0 Å². The van der Waals surface area contributed by atoms with Crippen LogP contribution < -0.4 is 10.2 Å². The van der Waals surface area contributed by atoms with Crippen LogP contribution in [0, 0.1) is 0 Å². The Morgan fingerprint density at radius 1 is 0.968 bits per heavy atom. The molecule has 1 aliphatic heterocycles. The number of aliphatic carboxylic acids is 1. The second-order valence-corrected chi connectivity index (χ2v) is 7.04. The van der Waals surface area contributed by atoms with Crippen molar-refractivity contribution in [3.63, 3.8) is 0 Å². The van der Waals surface area contributed by atoms with Gasteiger partial charge in [0.05, 0.1) is 10.9 Å². The third-order valence-electron chi connectivity index (χ3n) is 4.99. The molecule has 3 aromatic rings. The molecule has 2 heterocycles. The lowest BCUT2D eigenvalue weighted by atomic mass is 9.99. The minimum atomic E-state index is -1.82. The van der Waals surface area contributed by atoms with E-state index in [0.717, 1.165) is 0 Å². The summed E-state index contributed by atoms with van der Waals surface area (Å²) in [6.07, 6.45) is -7.32. The SMILES string of the molecule is O=C(O)[C@H]1O[C@@H](Oc2ccc(-c3coc4cc(O)ccc4c3=O)cc2)[C@H](O)[C@@H](O)[C@@H]1O. The second-order valence-electron chi connectivity index (χ2n) is 7.04. The molecule has 10 heteroatoms. The molecule has 0 unspecified atom stereocenters. The van der Waals surface area contributed by atoms with Gasteiger partial charge in [-0.1, -0.05) is 12.1 Å². The number of fused-ring (bicyclic) bond motifs is 1. The van der Waals surface area contributed by atoms with Crippen molar-refractivity contribution < 1.29 is 44.2 Å². The molecule has 1 aromatic heterocycles. The number of aliphatic hydroxyl groups is 3. The Morgan fingerprint density at radius 2 is 1.68 bits per heavy atom. The van der Waals surface area contributed by atoms with Gasteiger partial charge in [0.2, 0.25) is 6.29 Å². The Labute approximate surface area is 174 Å². The molecule has 0 bridgehead atoms. The number of ether oxygens (including phenoxy) is 2. The molecular weight excluding hydrogens is 412 g/mol. The summed E-state index contributed by atoms with van der Waals surface area (Å²) >= 11 is 0. The van der Waals surface area contributed by atoms with Crippen molar-refractivity contribution >= 4 is 16.9 Å². The Balaban J connectivity index is 1.57. The fraction of sp³-hybridized carbons (Fsp3) is 0.238. The van der Waals surface area contributed by atoms with Crippen molar-refractivity contribution in [1.82, 2.24) is 0 Å². The van der Waals surface area contributed by atoms with Gasteiger partial charge in [0.1, 0.15) is 41.7 Å². The van der Waals surface area contributed by atoms with Crippen LogP contribution in [-0.4, -0.2) is 62.2 Å². The second kappa shape index (κ2) is 8.00. The van der Waals surface area contributed by atoms with E-state index in [0.29, 0.717) is 10.9 Å². The summed E-state index contributed by atoms with van der Waals surface area (Å²) in [4.78, 5) is 23.9. The maximum Gasteiger partial charge on any atom is 0.335 e. The van der Waals surface area contributed by atoms with Crippen molar-refractivity contribution in [2.45, 2.75) is 30.7 Å². The van der Waals surface area contributed by atoms with E-state index in [1.165, 1.54) is 36.6 Å². The molecule has 4 rings (SSSR count). The summed E-state index contributed by atoms with van der Waals surface area (Å²) in [6.45, 7) is 0. The highest BCUT2D eigenvalue weighted by Gasteiger charge is 2.48. The van der Waals surface area contributed by atoms with Crippen LogP contribution in [0.2, 0.25) is 0 Å². The van der Waals surface area contributed by atoms with Gasteiger partial charge in [-0.3, -0.25) is 4.79 Å². The van der Waals surface area contributed by atoms with Crippen LogP contribution in [0.25, 0.3) is 22.1 Å². The van der Waals surface area contributed by atoms with Crippen LogP contribution in [0.15, 0.2) is 57.9 Å². The molecule has 5 atom stereocenters. The number of phenols is 1. The minimum absolute atomic E-state index is 0.0280. The summed E-state index contributed by atoms with van der Waals surface area (Å²) in [6, 6.07) is 10.2. The molecule has 31 heavy (non-hydrogen) atoms. The highest BCUT2D eigenvalue weighted by atomic mass is 16.7. The van der Waals surface area contributed by atoms with E-state index >= 15 is 0 Å². The van der Waals surface area contributed by atoms with Crippen molar-refractivity contribution in [1.29, 1.82) is 0 Å². The zero-order chi connectivity index (χ0) is 22.3. The molecule has 0 amide bonds. The van der Waals surface area contributed by atoms with Gasteiger partial charge in [0.25, 0.3) is 0 Å². The van der Waals surface area contributed by atoms with Crippen molar-refractivity contribution in [2.75, 3.05) is 0 Å². The third kappa shape index (κ3) is 3.84. The fourth-order valence-corrected chi connectivity index (χ4v) is 3.31. The normalized spacial score (nSPS) is 26.0. The molecule has 2 aromatic carbocycles. The molecule has 162 valence electrons. The molecule has 1 aliphatic rings. The molecule has 10 nitrogen and oxygen atoms in total. The monoisotopic (exact) mass is 430 g/mol. The van der Waals surface area contributed by atoms with Gasteiger partial charge in [0.15, 0.2) is 11.5 Å². The maximum absolute atomic E-state index is 12.7. The Kier molecular flexibility index (Phi) is 5.38. The maximum atomic E-state index is 12.7. The first-order valence-electron chi connectivity index (χ1n) is 9.20. The van der Waals surface area contributed by atoms with E-state index < -0.39 is 36.7 Å². The first-order valence-corrected chi connectivity index (χ1v) is 9.20. The molecule has 1 saturated heterocycles. The van der Waals surface area contributed by atoms with Crippen LogP contribution >= 0.6 is 0 Å². The lowest BCUT2D eigenvalue weighted by Gasteiger charge is -2.38. The van der Waals surface area contributed by atoms with Gasteiger partial charge < -0.3 is 39.4 Å². The smallest absolute Gasteiger partial charge is 0.335 e. The Morgan fingerprint density at radius 3 is 2.35 bits per heavy atom. The van der Waals surface area contributed by atoms with E-state index in [-0.39, 0.29) is 28.1 Å². The summed E-state index contributed by atoms with van der Waals surface area (Å²) < 4.78 is 15.9. The number of benzene rings is 2. The molecule has 0 saturated carbocycles. The van der Waals surface area contributed by atoms with E-state index in [1.54, 1.807) is 12.1 Å². The van der Waals surface area contributed by atoms with Crippen molar-refractivity contribution in [3.8, 4) is 22.6 Å². The zero-order valence-electron chi connectivity index (χ0n) is 15.8. The Bertz CT molecular complexity index is 1170. The number of hydrogen-bond donors (Lipinski definition) is 5. The average Bonchev–Trinajstić information content (AvgIpc) is 2.74. The molecule has 0 aliphatic carbocycles. The van der Waals surface area contributed by atoms with Crippen LogP contribution in [0.5, 0.6) is 11.5 Å². The number of carbonyl (C=O) groups is 1. The van der Waals surface area contributed by atoms with Crippen LogP contribution in [-0.2, 0) is 9.53 Å². The third-order valence-corrected chi connectivity index (χ3v) is 4.99. The number of hydrogen-bond acceptors (Lipinski definition) is 9. The predicted octanol–water partition coefficient (Wildman–Crippen LogP) is 0.437. The van der Waals surface area contributed by atoms with E-state index in [1.807, 2.05) is 0 Å². The number of aromatic hydroxyl groups is 1. The number of rotatable bonds is 4. The predicted molar refractivity (Wildman–Crippen MR) is 105 cm³/mol. The minimum Gasteiger partial charge on any atom is -0.508 e. The lowest BCUT2D eigenvalue weighted by Crippen LogP contribution is -2.61. The van der Waals surface area contributed by atoms with E-state index in [2.05, 4.69) is 0 Å². The first kappa shape index (κ1) is 20.8. The molecular formula is C21H18O10. The van der Waals surface area contributed by atoms with Gasteiger partial charge in [-0.25, -0.2) is 4.79 Å². The molecule has 0 spiro atoms. The highest BCUT2D eigenvalue weighted by molar-refractivity contribution is 5.82. The summed E-state index contributed by atoms with van der Waals surface area (Å²) in [5.74, 6) is -1.38. The summed E-state index contributed by atoms with van der Waals surface area (Å²) in [5, 5.41) is 48.5. The first-order chi connectivity index (χ1) is 14.8. The van der Waals surface area contributed by atoms with Crippen LogP contribution in [0.4, 0.5) is 0 Å². The largest absolute Gasteiger partial charge is 0.508 e. The number of aliphatic hydroxyl groups excluding tert-OH is 3.